The number of carbonyl (C=O) groups is 2. The molecule has 0 aromatic heterocycles. The summed E-state index contributed by atoms with van der Waals surface area (Å²) in [7, 11) is 0. The number of aryl methyl sites for hydroxylation is 3. The minimum absolute atomic E-state index is 0.197. The molecule has 3 nitrogen and oxygen atoms in total. The third kappa shape index (κ3) is 3.92. The highest BCUT2D eigenvalue weighted by Gasteiger charge is 2.20. The molecule has 0 spiro atoms. The average molecular weight is 273 g/mol. The van der Waals surface area contributed by atoms with E-state index < -0.39 is 0 Å². The Balaban J connectivity index is 1.78. The Bertz CT molecular complexity index is 498. The molecule has 0 bridgehead atoms. The topological polar surface area (TPSA) is 37.4 Å². The van der Waals surface area contributed by atoms with Crippen LogP contribution in [-0.4, -0.2) is 29.7 Å². The standard InChI is InChI=1S/C17H23NO2/c1-13-6-7-15(14(2)12-13)4-3-5-17(20)18-10-8-16(19)9-11-18/h6-7,12H,3-5,8-11H2,1-2H3. The second-order valence-corrected chi connectivity index (χ2v) is 5.70. The molecule has 1 amide bonds. The van der Waals surface area contributed by atoms with Crippen LogP contribution in [0.15, 0.2) is 18.2 Å². The Morgan fingerprint density at radius 1 is 1.20 bits per heavy atom. The number of amides is 1. The van der Waals surface area contributed by atoms with Crippen LogP contribution in [0.5, 0.6) is 0 Å². The van der Waals surface area contributed by atoms with Crippen molar-refractivity contribution in [2.75, 3.05) is 13.1 Å². The predicted octanol–water partition coefficient (Wildman–Crippen LogP) is 2.82. The third-order valence-corrected chi connectivity index (χ3v) is 4.01. The summed E-state index contributed by atoms with van der Waals surface area (Å²) in [6.45, 7) is 5.45. The average Bonchev–Trinajstić information content (AvgIpc) is 2.42. The van der Waals surface area contributed by atoms with Gasteiger partial charge in [0.25, 0.3) is 0 Å². The molecule has 1 aliphatic heterocycles. The number of likely N-dealkylation sites (tertiary alicyclic amines) is 1. The molecule has 1 heterocycles. The van der Waals surface area contributed by atoms with Gasteiger partial charge in [0.1, 0.15) is 5.78 Å². The van der Waals surface area contributed by atoms with Gasteiger partial charge in [-0.1, -0.05) is 23.8 Å². The Morgan fingerprint density at radius 3 is 2.55 bits per heavy atom. The number of benzene rings is 1. The van der Waals surface area contributed by atoms with Gasteiger partial charge in [0.15, 0.2) is 0 Å². The molecule has 3 heteroatoms. The largest absolute Gasteiger partial charge is 0.342 e. The van der Waals surface area contributed by atoms with Crippen LogP contribution in [0.2, 0.25) is 0 Å². The summed E-state index contributed by atoms with van der Waals surface area (Å²) in [5.74, 6) is 0.478. The SMILES string of the molecule is Cc1ccc(CCCC(=O)N2CCC(=O)CC2)c(C)c1. The second kappa shape index (κ2) is 6.69. The first kappa shape index (κ1) is 14.8. The van der Waals surface area contributed by atoms with Gasteiger partial charge in [0, 0.05) is 32.4 Å². The zero-order valence-corrected chi connectivity index (χ0v) is 12.4. The molecule has 1 aliphatic rings. The number of Topliss-reactive ketones (excluding diaryl/α,β-unsaturated/α-hetero) is 1. The van der Waals surface area contributed by atoms with Gasteiger partial charge < -0.3 is 4.90 Å². The number of rotatable bonds is 4. The van der Waals surface area contributed by atoms with Crippen LogP contribution in [0.3, 0.4) is 0 Å². The highest BCUT2D eigenvalue weighted by molar-refractivity contribution is 5.83. The van der Waals surface area contributed by atoms with Gasteiger partial charge in [-0.2, -0.15) is 0 Å². The van der Waals surface area contributed by atoms with E-state index in [2.05, 4.69) is 32.0 Å². The molecule has 1 aromatic rings. The molecule has 1 saturated heterocycles. The predicted molar refractivity (Wildman–Crippen MR) is 79.7 cm³/mol. The first-order valence-corrected chi connectivity index (χ1v) is 7.42. The zero-order chi connectivity index (χ0) is 14.5. The first-order chi connectivity index (χ1) is 9.56. The number of hydrogen-bond acceptors (Lipinski definition) is 2. The lowest BCUT2D eigenvalue weighted by atomic mass is 10.0. The number of ketones is 1. The van der Waals surface area contributed by atoms with Gasteiger partial charge in [-0.25, -0.2) is 0 Å². The fourth-order valence-corrected chi connectivity index (χ4v) is 2.72. The Hall–Kier alpha value is -1.64. The highest BCUT2D eigenvalue weighted by atomic mass is 16.2. The van der Waals surface area contributed by atoms with Gasteiger partial charge in [0.05, 0.1) is 0 Å². The summed E-state index contributed by atoms with van der Waals surface area (Å²) in [6.07, 6.45) is 3.48. The molecule has 0 aliphatic carbocycles. The molecule has 1 fully saturated rings. The van der Waals surface area contributed by atoms with E-state index in [4.69, 9.17) is 0 Å². The van der Waals surface area contributed by atoms with Crippen molar-refractivity contribution in [1.29, 1.82) is 0 Å². The van der Waals surface area contributed by atoms with Gasteiger partial charge in [0.2, 0.25) is 5.91 Å². The highest BCUT2D eigenvalue weighted by Crippen LogP contribution is 2.14. The third-order valence-electron chi connectivity index (χ3n) is 4.01. The van der Waals surface area contributed by atoms with Gasteiger partial charge in [-0.3, -0.25) is 9.59 Å². The molecule has 0 saturated carbocycles. The monoisotopic (exact) mass is 273 g/mol. The molecule has 0 radical (unpaired) electrons. The number of carbonyl (C=O) groups excluding carboxylic acids is 2. The molecule has 0 atom stereocenters. The van der Waals surface area contributed by atoms with Crippen molar-refractivity contribution in [3.05, 3.63) is 34.9 Å². The van der Waals surface area contributed by atoms with Crippen LogP contribution in [-0.2, 0) is 16.0 Å². The van der Waals surface area contributed by atoms with E-state index in [0.717, 1.165) is 12.8 Å². The van der Waals surface area contributed by atoms with Crippen molar-refractivity contribution in [2.24, 2.45) is 0 Å². The fraction of sp³-hybridized carbons (Fsp3) is 0.529. The lowest BCUT2D eigenvalue weighted by molar-refractivity contribution is -0.134. The molecule has 0 unspecified atom stereocenters. The van der Waals surface area contributed by atoms with Crippen molar-refractivity contribution in [3.8, 4) is 0 Å². The van der Waals surface area contributed by atoms with Crippen molar-refractivity contribution < 1.29 is 9.59 Å². The Kier molecular flexibility index (Phi) is 4.94. The van der Waals surface area contributed by atoms with Crippen molar-refractivity contribution in [1.82, 2.24) is 4.90 Å². The molecular weight excluding hydrogens is 250 g/mol. The van der Waals surface area contributed by atoms with Gasteiger partial charge >= 0.3 is 0 Å². The van der Waals surface area contributed by atoms with E-state index in [-0.39, 0.29) is 11.7 Å². The van der Waals surface area contributed by atoms with Crippen LogP contribution in [0.4, 0.5) is 0 Å². The van der Waals surface area contributed by atoms with E-state index in [1.807, 2.05) is 4.90 Å². The molecule has 20 heavy (non-hydrogen) atoms. The van der Waals surface area contributed by atoms with Crippen LogP contribution in [0, 0.1) is 13.8 Å². The van der Waals surface area contributed by atoms with Crippen molar-refractivity contribution in [3.63, 3.8) is 0 Å². The van der Waals surface area contributed by atoms with Crippen LogP contribution in [0.25, 0.3) is 0 Å². The maximum atomic E-state index is 12.0. The fourth-order valence-electron chi connectivity index (χ4n) is 2.72. The Morgan fingerprint density at radius 2 is 1.90 bits per heavy atom. The quantitative estimate of drug-likeness (QED) is 0.846. The van der Waals surface area contributed by atoms with Crippen LogP contribution >= 0.6 is 0 Å². The minimum Gasteiger partial charge on any atom is -0.342 e. The normalized spacial score (nSPS) is 15.5. The van der Waals surface area contributed by atoms with Crippen molar-refractivity contribution >= 4 is 11.7 Å². The van der Waals surface area contributed by atoms with Gasteiger partial charge in [-0.05, 0) is 37.8 Å². The maximum Gasteiger partial charge on any atom is 0.222 e. The van der Waals surface area contributed by atoms with E-state index in [1.165, 1.54) is 16.7 Å². The first-order valence-electron chi connectivity index (χ1n) is 7.42. The smallest absolute Gasteiger partial charge is 0.222 e. The molecule has 1 aromatic carbocycles. The lowest BCUT2D eigenvalue weighted by Crippen LogP contribution is -2.38. The molecule has 108 valence electrons. The van der Waals surface area contributed by atoms with E-state index in [1.54, 1.807) is 0 Å². The van der Waals surface area contributed by atoms with E-state index in [9.17, 15) is 9.59 Å². The molecule has 0 N–H and O–H groups in total. The molecule has 2 rings (SSSR count). The lowest BCUT2D eigenvalue weighted by Gasteiger charge is -2.26. The zero-order valence-electron chi connectivity index (χ0n) is 12.4. The number of hydrogen-bond donors (Lipinski definition) is 0. The minimum atomic E-state index is 0.197. The van der Waals surface area contributed by atoms with Crippen LogP contribution in [0.1, 0.15) is 42.4 Å². The van der Waals surface area contributed by atoms with E-state index >= 15 is 0 Å². The Labute approximate surface area is 121 Å². The summed E-state index contributed by atoms with van der Waals surface area (Å²) < 4.78 is 0. The summed E-state index contributed by atoms with van der Waals surface area (Å²) in [5, 5.41) is 0. The van der Waals surface area contributed by atoms with Crippen molar-refractivity contribution in [2.45, 2.75) is 46.0 Å². The molecular formula is C17H23NO2. The number of nitrogens with zero attached hydrogens (tertiary/aromatic N) is 1. The number of piperidine rings is 1. The second-order valence-electron chi connectivity index (χ2n) is 5.70. The maximum absolute atomic E-state index is 12.0. The summed E-state index contributed by atoms with van der Waals surface area (Å²) in [6, 6.07) is 6.47. The summed E-state index contributed by atoms with van der Waals surface area (Å²) >= 11 is 0. The van der Waals surface area contributed by atoms with Crippen LogP contribution < -0.4 is 0 Å². The summed E-state index contributed by atoms with van der Waals surface area (Å²) in [5.41, 5.74) is 3.92. The van der Waals surface area contributed by atoms with Gasteiger partial charge in [-0.15, -0.1) is 0 Å². The summed E-state index contributed by atoms with van der Waals surface area (Å²) in [4.78, 5) is 25.0. The van der Waals surface area contributed by atoms with E-state index in [0.29, 0.717) is 32.4 Å².